The fourth-order valence-electron chi connectivity index (χ4n) is 2.03. The van der Waals surface area contributed by atoms with Crippen molar-refractivity contribution in [1.82, 2.24) is 0 Å². The maximum atomic E-state index is 12.4. The largest absolute Gasteiger partial charge is 0.326 e. The van der Waals surface area contributed by atoms with E-state index in [1.807, 2.05) is 18.2 Å². The number of hydrogen-bond acceptors (Lipinski definition) is 3. The minimum absolute atomic E-state index is 0.249. The molecule has 21 heavy (non-hydrogen) atoms. The molecular weight excluding hydrogens is 284 g/mol. The van der Waals surface area contributed by atoms with Gasteiger partial charge in [-0.3, -0.25) is 4.72 Å². The van der Waals surface area contributed by atoms with Crippen LogP contribution in [0.1, 0.15) is 30.9 Å². The van der Waals surface area contributed by atoms with Crippen LogP contribution in [0.4, 0.5) is 5.69 Å². The van der Waals surface area contributed by atoms with Crippen LogP contribution < -0.4 is 10.5 Å². The highest BCUT2D eigenvalue weighted by atomic mass is 32.2. The summed E-state index contributed by atoms with van der Waals surface area (Å²) in [5.41, 5.74) is 8.02. The van der Waals surface area contributed by atoms with Gasteiger partial charge in [0, 0.05) is 6.54 Å². The highest BCUT2D eigenvalue weighted by molar-refractivity contribution is 7.92. The van der Waals surface area contributed by atoms with Gasteiger partial charge in [0.25, 0.3) is 10.0 Å². The Labute approximate surface area is 126 Å². The van der Waals surface area contributed by atoms with Crippen LogP contribution in [-0.2, 0) is 16.6 Å². The maximum Gasteiger partial charge on any atom is 0.261 e. The van der Waals surface area contributed by atoms with Gasteiger partial charge in [0.2, 0.25) is 0 Å². The molecule has 0 heterocycles. The molecule has 2 aromatic rings. The number of para-hydroxylation sites is 1. The van der Waals surface area contributed by atoms with Gasteiger partial charge in [-0.1, -0.05) is 44.2 Å². The average Bonchev–Trinajstić information content (AvgIpc) is 2.47. The molecule has 0 aromatic heterocycles. The van der Waals surface area contributed by atoms with E-state index in [1.165, 1.54) is 0 Å². The first kappa shape index (κ1) is 15.5. The van der Waals surface area contributed by atoms with Gasteiger partial charge in [0.05, 0.1) is 10.6 Å². The van der Waals surface area contributed by atoms with Gasteiger partial charge in [-0.2, -0.15) is 0 Å². The predicted octanol–water partition coefficient (Wildman–Crippen LogP) is 3.07. The number of anilines is 1. The van der Waals surface area contributed by atoms with E-state index in [-0.39, 0.29) is 11.4 Å². The van der Waals surface area contributed by atoms with Crippen LogP contribution in [0.5, 0.6) is 0 Å². The zero-order valence-corrected chi connectivity index (χ0v) is 13.0. The van der Waals surface area contributed by atoms with Crippen molar-refractivity contribution in [3.8, 4) is 0 Å². The van der Waals surface area contributed by atoms with Crippen LogP contribution in [0.15, 0.2) is 53.4 Å². The molecule has 0 aliphatic rings. The van der Waals surface area contributed by atoms with Crippen molar-refractivity contribution in [2.45, 2.75) is 31.2 Å². The number of rotatable bonds is 5. The van der Waals surface area contributed by atoms with Gasteiger partial charge < -0.3 is 5.73 Å². The molecule has 2 rings (SSSR count). The van der Waals surface area contributed by atoms with E-state index >= 15 is 0 Å². The third-order valence-electron chi connectivity index (χ3n) is 3.34. The Bertz CT molecular complexity index is 707. The lowest BCUT2D eigenvalue weighted by atomic mass is 10.0. The van der Waals surface area contributed by atoms with Crippen LogP contribution >= 0.6 is 0 Å². The predicted molar refractivity (Wildman–Crippen MR) is 85.7 cm³/mol. The third-order valence-corrected chi connectivity index (χ3v) is 4.72. The lowest BCUT2D eigenvalue weighted by Gasteiger charge is -2.12. The summed E-state index contributed by atoms with van der Waals surface area (Å²) in [7, 11) is -3.59. The van der Waals surface area contributed by atoms with Crippen molar-refractivity contribution in [3.63, 3.8) is 0 Å². The molecule has 0 aliphatic heterocycles. The molecule has 5 heteroatoms. The fourth-order valence-corrected chi connectivity index (χ4v) is 3.13. The Hall–Kier alpha value is -1.85. The van der Waals surface area contributed by atoms with Gasteiger partial charge in [0.1, 0.15) is 0 Å². The fraction of sp³-hybridized carbons (Fsp3) is 0.250. The normalized spacial score (nSPS) is 11.6. The number of sulfonamides is 1. The summed E-state index contributed by atoms with van der Waals surface area (Å²) >= 11 is 0. The topological polar surface area (TPSA) is 72.2 Å². The first-order chi connectivity index (χ1) is 9.94. The monoisotopic (exact) mass is 304 g/mol. The summed E-state index contributed by atoms with van der Waals surface area (Å²) in [5, 5.41) is 0. The Morgan fingerprint density at radius 2 is 1.67 bits per heavy atom. The Morgan fingerprint density at radius 1 is 1.05 bits per heavy atom. The van der Waals surface area contributed by atoms with E-state index < -0.39 is 10.0 Å². The SMILES string of the molecule is CC(C)c1ccc(S(=O)(=O)Nc2ccccc2CN)cc1. The number of hydrogen-bond donors (Lipinski definition) is 2. The molecule has 0 aliphatic carbocycles. The van der Waals surface area contributed by atoms with Gasteiger partial charge in [-0.15, -0.1) is 0 Å². The third kappa shape index (κ3) is 3.62. The first-order valence-electron chi connectivity index (χ1n) is 6.85. The molecule has 0 saturated heterocycles. The van der Waals surface area contributed by atoms with Crippen molar-refractivity contribution >= 4 is 15.7 Å². The summed E-state index contributed by atoms with van der Waals surface area (Å²) in [4.78, 5) is 0.249. The second-order valence-corrected chi connectivity index (χ2v) is 6.87. The Kier molecular flexibility index (Phi) is 4.65. The lowest BCUT2D eigenvalue weighted by Crippen LogP contribution is -2.15. The highest BCUT2D eigenvalue weighted by Crippen LogP contribution is 2.21. The summed E-state index contributed by atoms with van der Waals surface area (Å²) in [6, 6.07) is 14.1. The smallest absolute Gasteiger partial charge is 0.261 e. The van der Waals surface area contributed by atoms with Crippen molar-refractivity contribution in [1.29, 1.82) is 0 Å². The number of nitrogens with one attached hydrogen (secondary N) is 1. The van der Waals surface area contributed by atoms with Gasteiger partial charge in [-0.05, 0) is 35.2 Å². The molecule has 0 bridgehead atoms. The van der Waals surface area contributed by atoms with Crippen LogP contribution in [0, 0.1) is 0 Å². The maximum absolute atomic E-state index is 12.4. The number of nitrogens with two attached hydrogens (primary N) is 1. The standard InChI is InChI=1S/C16H20N2O2S/c1-12(2)13-7-9-15(10-8-13)21(19,20)18-16-6-4-3-5-14(16)11-17/h3-10,12,18H,11,17H2,1-2H3. The zero-order chi connectivity index (χ0) is 15.5. The van der Waals surface area contributed by atoms with E-state index in [9.17, 15) is 8.42 Å². The van der Waals surface area contributed by atoms with Crippen molar-refractivity contribution in [2.75, 3.05) is 4.72 Å². The van der Waals surface area contributed by atoms with Crippen molar-refractivity contribution in [3.05, 3.63) is 59.7 Å². The second kappa shape index (κ2) is 6.28. The highest BCUT2D eigenvalue weighted by Gasteiger charge is 2.15. The molecule has 0 spiro atoms. The molecule has 0 atom stereocenters. The lowest BCUT2D eigenvalue weighted by molar-refractivity contribution is 0.601. The summed E-state index contributed by atoms with van der Waals surface area (Å²) in [5.74, 6) is 0.368. The summed E-state index contributed by atoms with van der Waals surface area (Å²) in [6.45, 7) is 4.42. The molecular formula is C16H20N2O2S. The molecule has 0 unspecified atom stereocenters. The Balaban J connectivity index is 2.30. The molecule has 2 aromatic carbocycles. The first-order valence-corrected chi connectivity index (χ1v) is 8.33. The average molecular weight is 304 g/mol. The number of benzene rings is 2. The molecule has 0 saturated carbocycles. The van der Waals surface area contributed by atoms with Crippen LogP contribution in [-0.4, -0.2) is 8.42 Å². The van der Waals surface area contributed by atoms with Gasteiger partial charge >= 0.3 is 0 Å². The molecule has 4 nitrogen and oxygen atoms in total. The summed E-state index contributed by atoms with van der Waals surface area (Å²) < 4.78 is 27.4. The van der Waals surface area contributed by atoms with E-state index in [1.54, 1.807) is 30.3 Å². The van der Waals surface area contributed by atoms with Gasteiger partial charge in [-0.25, -0.2) is 8.42 Å². The molecule has 3 N–H and O–H groups in total. The van der Waals surface area contributed by atoms with Crippen molar-refractivity contribution in [2.24, 2.45) is 5.73 Å². The van der Waals surface area contributed by atoms with E-state index in [4.69, 9.17) is 5.73 Å². The van der Waals surface area contributed by atoms with Gasteiger partial charge in [0.15, 0.2) is 0 Å². The summed E-state index contributed by atoms with van der Waals surface area (Å²) in [6.07, 6.45) is 0. The van der Waals surface area contributed by atoms with Crippen LogP contribution in [0.3, 0.4) is 0 Å². The van der Waals surface area contributed by atoms with E-state index in [0.717, 1.165) is 11.1 Å². The minimum atomic E-state index is -3.59. The van der Waals surface area contributed by atoms with E-state index in [0.29, 0.717) is 11.6 Å². The second-order valence-electron chi connectivity index (χ2n) is 5.19. The molecule has 0 amide bonds. The van der Waals surface area contributed by atoms with Crippen LogP contribution in [0.25, 0.3) is 0 Å². The molecule has 0 fully saturated rings. The minimum Gasteiger partial charge on any atom is -0.326 e. The molecule has 112 valence electrons. The quantitative estimate of drug-likeness (QED) is 0.891. The van der Waals surface area contributed by atoms with Crippen molar-refractivity contribution < 1.29 is 8.42 Å². The molecule has 0 radical (unpaired) electrons. The van der Waals surface area contributed by atoms with E-state index in [2.05, 4.69) is 18.6 Å². The van der Waals surface area contributed by atoms with Crippen LogP contribution in [0.2, 0.25) is 0 Å². The Morgan fingerprint density at radius 3 is 2.24 bits per heavy atom. The zero-order valence-electron chi connectivity index (χ0n) is 12.2.